The largest absolute Gasteiger partial charge is 0.296 e. The Kier molecular flexibility index (Phi) is 1.93. The number of piperidine rings is 1. The van der Waals surface area contributed by atoms with Gasteiger partial charge in [-0.3, -0.25) is 4.90 Å². The topological polar surface area (TPSA) is 3.24 Å². The molecule has 1 heteroatoms. The van der Waals surface area contributed by atoms with E-state index in [0.717, 1.165) is 12.0 Å². The summed E-state index contributed by atoms with van der Waals surface area (Å²) in [7, 11) is 0. The van der Waals surface area contributed by atoms with Gasteiger partial charge in [0.1, 0.15) is 0 Å². The lowest BCUT2D eigenvalue weighted by Gasteiger charge is -2.26. The molecule has 13 heavy (non-hydrogen) atoms. The van der Waals surface area contributed by atoms with Crippen molar-refractivity contribution in [1.29, 1.82) is 0 Å². The number of fused-ring (bicyclic) bond motifs is 1. The number of rotatable bonds is 2. The van der Waals surface area contributed by atoms with Crippen molar-refractivity contribution in [2.75, 3.05) is 13.1 Å². The number of likely N-dealkylation sites (tertiary alicyclic amines) is 1. The normalized spacial score (nSPS) is 38.0. The molecule has 1 aliphatic heterocycles. The lowest BCUT2D eigenvalue weighted by atomic mass is 9.92. The second-order valence-corrected chi connectivity index (χ2v) is 4.92. The summed E-state index contributed by atoms with van der Waals surface area (Å²) in [6.45, 7) is 2.63. The van der Waals surface area contributed by atoms with Gasteiger partial charge in [0.15, 0.2) is 0 Å². The van der Waals surface area contributed by atoms with Crippen LogP contribution in [0.25, 0.3) is 0 Å². The van der Waals surface area contributed by atoms with Gasteiger partial charge in [-0.2, -0.15) is 0 Å². The van der Waals surface area contributed by atoms with E-state index in [1.807, 2.05) is 0 Å². The van der Waals surface area contributed by atoms with Gasteiger partial charge in [0, 0.05) is 12.6 Å². The molecule has 0 radical (unpaired) electrons. The third-order valence-corrected chi connectivity index (χ3v) is 3.98. The molecule has 0 bridgehead atoms. The van der Waals surface area contributed by atoms with Crippen molar-refractivity contribution < 1.29 is 0 Å². The highest BCUT2D eigenvalue weighted by Gasteiger charge is 2.43. The molecular formula is C12H19N. The van der Waals surface area contributed by atoms with Crippen molar-refractivity contribution in [2.24, 2.45) is 5.92 Å². The van der Waals surface area contributed by atoms with Gasteiger partial charge in [-0.1, -0.05) is 11.6 Å². The molecule has 3 rings (SSSR count). The average molecular weight is 177 g/mol. The van der Waals surface area contributed by atoms with E-state index in [1.54, 1.807) is 5.57 Å². The van der Waals surface area contributed by atoms with Crippen molar-refractivity contribution in [1.82, 2.24) is 4.90 Å². The van der Waals surface area contributed by atoms with Gasteiger partial charge in [-0.15, -0.1) is 0 Å². The summed E-state index contributed by atoms with van der Waals surface area (Å²) in [4.78, 5) is 2.71. The number of hydrogen-bond donors (Lipinski definition) is 0. The maximum Gasteiger partial charge on any atom is 0.0168 e. The summed E-state index contributed by atoms with van der Waals surface area (Å²) >= 11 is 0. The first-order valence-electron chi connectivity index (χ1n) is 5.85. The predicted molar refractivity (Wildman–Crippen MR) is 54.6 cm³/mol. The highest BCUT2D eigenvalue weighted by molar-refractivity contribution is 5.11. The second-order valence-electron chi connectivity index (χ2n) is 4.92. The summed E-state index contributed by atoms with van der Waals surface area (Å²) in [5, 5.41) is 0. The molecule has 1 nitrogen and oxygen atoms in total. The Labute approximate surface area is 80.8 Å². The molecule has 0 aromatic rings. The molecule has 72 valence electrons. The van der Waals surface area contributed by atoms with E-state index in [9.17, 15) is 0 Å². The van der Waals surface area contributed by atoms with Crippen LogP contribution in [-0.2, 0) is 0 Å². The molecule has 2 aliphatic carbocycles. The minimum Gasteiger partial charge on any atom is -0.296 e. The fourth-order valence-corrected chi connectivity index (χ4v) is 2.77. The third kappa shape index (κ3) is 1.54. The van der Waals surface area contributed by atoms with E-state index in [2.05, 4.69) is 11.0 Å². The molecule has 0 spiro atoms. The quantitative estimate of drug-likeness (QED) is 0.586. The van der Waals surface area contributed by atoms with Gasteiger partial charge < -0.3 is 0 Å². The lowest BCUT2D eigenvalue weighted by molar-refractivity contribution is 0.237. The van der Waals surface area contributed by atoms with Gasteiger partial charge in [0.25, 0.3) is 0 Å². The van der Waals surface area contributed by atoms with Crippen LogP contribution in [0.4, 0.5) is 0 Å². The summed E-state index contributed by atoms with van der Waals surface area (Å²) in [6.07, 6.45) is 11.2. The van der Waals surface area contributed by atoms with Crippen molar-refractivity contribution in [2.45, 2.75) is 44.6 Å². The molecule has 0 N–H and O–H groups in total. The van der Waals surface area contributed by atoms with E-state index in [4.69, 9.17) is 0 Å². The summed E-state index contributed by atoms with van der Waals surface area (Å²) in [5.41, 5.74) is 1.72. The van der Waals surface area contributed by atoms with Crippen LogP contribution in [0.5, 0.6) is 0 Å². The molecule has 2 atom stereocenters. The Morgan fingerprint density at radius 1 is 1.31 bits per heavy atom. The molecule has 3 aliphatic rings. The number of nitrogens with zero attached hydrogens (tertiary/aromatic N) is 1. The summed E-state index contributed by atoms with van der Waals surface area (Å²) in [6, 6.07) is 0.991. The van der Waals surface area contributed by atoms with Crippen LogP contribution < -0.4 is 0 Å². The minimum absolute atomic E-state index is 0.991. The van der Waals surface area contributed by atoms with E-state index >= 15 is 0 Å². The van der Waals surface area contributed by atoms with E-state index in [1.165, 1.54) is 51.6 Å². The zero-order valence-corrected chi connectivity index (χ0v) is 8.34. The maximum absolute atomic E-state index is 2.71. The summed E-state index contributed by atoms with van der Waals surface area (Å²) in [5.74, 6) is 1.09. The molecule has 3 fully saturated rings. The summed E-state index contributed by atoms with van der Waals surface area (Å²) < 4.78 is 0. The highest BCUT2D eigenvalue weighted by Crippen LogP contribution is 2.42. The molecule has 0 aromatic heterocycles. The van der Waals surface area contributed by atoms with Crippen LogP contribution in [0.2, 0.25) is 0 Å². The van der Waals surface area contributed by atoms with Crippen LogP contribution in [0.15, 0.2) is 11.6 Å². The first-order chi connectivity index (χ1) is 6.43. The monoisotopic (exact) mass is 177 g/mol. The van der Waals surface area contributed by atoms with Gasteiger partial charge >= 0.3 is 0 Å². The lowest BCUT2D eigenvalue weighted by Crippen LogP contribution is -2.32. The Morgan fingerprint density at radius 2 is 2.23 bits per heavy atom. The maximum atomic E-state index is 2.71. The first-order valence-corrected chi connectivity index (χ1v) is 5.85. The standard InChI is InChI=1S/C12H19N/c1-3-10(4-1)6-8-13-7-2-5-11-9-12(11)13/h6,11-12H,1-5,7-9H2. The predicted octanol–water partition coefficient (Wildman–Crippen LogP) is 2.58. The molecule has 2 saturated carbocycles. The van der Waals surface area contributed by atoms with Crippen molar-refractivity contribution in [3.63, 3.8) is 0 Å². The zero-order chi connectivity index (χ0) is 8.67. The molecule has 2 unspecified atom stereocenters. The number of hydrogen-bond acceptors (Lipinski definition) is 1. The second kappa shape index (κ2) is 3.13. The van der Waals surface area contributed by atoms with Gasteiger partial charge in [0.05, 0.1) is 0 Å². The first kappa shape index (κ1) is 8.05. The van der Waals surface area contributed by atoms with Crippen LogP contribution in [-0.4, -0.2) is 24.0 Å². The van der Waals surface area contributed by atoms with Crippen molar-refractivity contribution >= 4 is 0 Å². The zero-order valence-electron chi connectivity index (χ0n) is 8.34. The molecule has 1 heterocycles. The fraction of sp³-hybridized carbons (Fsp3) is 0.833. The average Bonchev–Trinajstić information content (AvgIpc) is 2.80. The number of allylic oxidation sites excluding steroid dienone is 1. The highest BCUT2D eigenvalue weighted by atomic mass is 15.2. The van der Waals surface area contributed by atoms with Crippen LogP contribution in [0, 0.1) is 5.92 Å². The Balaban J connectivity index is 1.54. The van der Waals surface area contributed by atoms with E-state index in [0.29, 0.717) is 0 Å². The fourth-order valence-electron chi connectivity index (χ4n) is 2.77. The van der Waals surface area contributed by atoms with E-state index in [-0.39, 0.29) is 0 Å². The van der Waals surface area contributed by atoms with Crippen molar-refractivity contribution in [3.8, 4) is 0 Å². The minimum atomic E-state index is 0.991. The Morgan fingerprint density at radius 3 is 3.00 bits per heavy atom. The van der Waals surface area contributed by atoms with E-state index < -0.39 is 0 Å². The third-order valence-electron chi connectivity index (χ3n) is 3.98. The van der Waals surface area contributed by atoms with Gasteiger partial charge in [-0.05, 0) is 51.0 Å². The molecule has 0 aromatic carbocycles. The Hall–Kier alpha value is -0.300. The van der Waals surface area contributed by atoms with Crippen molar-refractivity contribution in [3.05, 3.63) is 11.6 Å². The van der Waals surface area contributed by atoms with Gasteiger partial charge in [-0.25, -0.2) is 0 Å². The van der Waals surface area contributed by atoms with Gasteiger partial charge in [0.2, 0.25) is 0 Å². The Bertz CT molecular complexity index is 225. The smallest absolute Gasteiger partial charge is 0.0168 e. The molecule has 1 saturated heterocycles. The molecular weight excluding hydrogens is 158 g/mol. The SMILES string of the molecule is C(CN1CCCC2CC21)=C1CCC1. The molecule has 0 amide bonds. The van der Waals surface area contributed by atoms with Crippen LogP contribution in [0.3, 0.4) is 0 Å². The van der Waals surface area contributed by atoms with Crippen LogP contribution in [0.1, 0.15) is 38.5 Å². The van der Waals surface area contributed by atoms with Crippen LogP contribution >= 0.6 is 0 Å².